The first-order chi connectivity index (χ1) is 9.35. The lowest BCUT2D eigenvalue weighted by atomic mass is 9.93. The molecule has 0 aromatic carbocycles. The fourth-order valence-corrected chi connectivity index (χ4v) is 2.89. The van der Waals surface area contributed by atoms with Crippen LogP contribution in [0.25, 0.3) is 0 Å². The minimum absolute atomic E-state index is 0.212. The number of hydrogen-bond acceptors (Lipinski definition) is 4. The molecule has 0 spiro atoms. The summed E-state index contributed by atoms with van der Waals surface area (Å²) in [5, 5.41) is 0. The molecule has 1 saturated heterocycles. The van der Waals surface area contributed by atoms with Crippen LogP contribution in [-0.2, 0) is 9.53 Å². The number of nitrogens with zero attached hydrogens (tertiary/aromatic N) is 2. The van der Waals surface area contributed by atoms with Crippen LogP contribution >= 0.6 is 0 Å². The number of ether oxygens (including phenoxy) is 1. The molecule has 0 atom stereocenters. The van der Waals surface area contributed by atoms with Gasteiger partial charge in [-0.15, -0.1) is 0 Å². The van der Waals surface area contributed by atoms with Gasteiger partial charge in [-0.3, -0.25) is 9.69 Å². The molecule has 1 aliphatic carbocycles. The number of piperazine rings is 1. The van der Waals surface area contributed by atoms with Gasteiger partial charge >= 0.3 is 6.09 Å². The molecule has 0 N–H and O–H groups in total. The van der Waals surface area contributed by atoms with Gasteiger partial charge in [0, 0.05) is 45.1 Å². The van der Waals surface area contributed by atoms with E-state index in [2.05, 4.69) is 4.90 Å². The first kappa shape index (κ1) is 15.3. The summed E-state index contributed by atoms with van der Waals surface area (Å²) in [5.41, 5.74) is -0.433. The number of ketones is 1. The second kappa shape index (κ2) is 6.12. The number of Topliss-reactive ketones (excluding diaryl/α,β-unsaturated/α-hetero) is 1. The van der Waals surface area contributed by atoms with E-state index >= 15 is 0 Å². The van der Waals surface area contributed by atoms with E-state index in [0.717, 1.165) is 51.9 Å². The van der Waals surface area contributed by atoms with Crippen molar-refractivity contribution in [3.8, 4) is 0 Å². The van der Waals surface area contributed by atoms with E-state index in [1.165, 1.54) is 0 Å². The van der Waals surface area contributed by atoms with Crippen molar-refractivity contribution in [3.05, 3.63) is 0 Å². The van der Waals surface area contributed by atoms with Crippen molar-refractivity contribution in [2.24, 2.45) is 0 Å². The lowest BCUT2D eigenvalue weighted by molar-refractivity contribution is -0.121. The van der Waals surface area contributed by atoms with Gasteiger partial charge in [0.1, 0.15) is 11.4 Å². The highest BCUT2D eigenvalue weighted by Crippen LogP contribution is 2.22. The zero-order valence-electron chi connectivity index (χ0n) is 12.9. The average molecular weight is 282 g/mol. The Hall–Kier alpha value is -1.10. The molecule has 2 fully saturated rings. The minimum atomic E-state index is -0.433. The first-order valence-electron chi connectivity index (χ1n) is 7.59. The maximum absolute atomic E-state index is 12.0. The Balaban J connectivity index is 1.77. The van der Waals surface area contributed by atoms with Crippen LogP contribution in [0, 0.1) is 0 Å². The molecule has 5 nitrogen and oxygen atoms in total. The van der Waals surface area contributed by atoms with Crippen LogP contribution in [0.15, 0.2) is 0 Å². The molecule has 114 valence electrons. The molecule has 1 heterocycles. The third-order valence-corrected chi connectivity index (χ3v) is 4.00. The maximum Gasteiger partial charge on any atom is 0.410 e. The van der Waals surface area contributed by atoms with Crippen LogP contribution in [0.1, 0.15) is 46.5 Å². The summed E-state index contributed by atoms with van der Waals surface area (Å²) in [6, 6.07) is 0.522. The Bertz CT molecular complexity index is 358. The van der Waals surface area contributed by atoms with E-state index in [9.17, 15) is 9.59 Å². The van der Waals surface area contributed by atoms with Crippen molar-refractivity contribution in [1.82, 2.24) is 9.80 Å². The van der Waals surface area contributed by atoms with Crippen LogP contribution in [-0.4, -0.2) is 59.5 Å². The van der Waals surface area contributed by atoms with Crippen LogP contribution < -0.4 is 0 Å². The Morgan fingerprint density at radius 2 is 1.65 bits per heavy atom. The topological polar surface area (TPSA) is 49.9 Å². The van der Waals surface area contributed by atoms with E-state index in [1.54, 1.807) is 4.90 Å². The van der Waals surface area contributed by atoms with Crippen LogP contribution in [0.4, 0.5) is 4.79 Å². The summed E-state index contributed by atoms with van der Waals surface area (Å²) in [7, 11) is 0. The number of amides is 1. The predicted molar refractivity (Wildman–Crippen MR) is 76.6 cm³/mol. The molecular weight excluding hydrogens is 256 g/mol. The van der Waals surface area contributed by atoms with Crippen molar-refractivity contribution in [3.63, 3.8) is 0 Å². The van der Waals surface area contributed by atoms with Crippen molar-refractivity contribution in [2.75, 3.05) is 26.2 Å². The molecule has 0 unspecified atom stereocenters. The monoisotopic (exact) mass is 282 g/mol. The van der Waals surface area contributed by atoms with Gasteiger partial charge in [-0.05, 0) is 33.6 Å². The van der Waals surface area contributed by atoms with Gasteiger partial charge in [-0.25, -0.2) is 4.79 Å². The molecule has 5 heteroatoms. The third kappa shape index (κ3) is 4.20. The van der Waals surface area contributed by atoms with Gasteiger partial charge in [0.15, 0.2) is 0 Å². The standard InChI is InChI=1S/C15H26N2O3/c1-15(2,3)20-14(19)17-10-8-16(9-11-17)12-4-6-13(18)7-5-12/h12H,4-11H2,1-3H3. The molecule has 1 saturated carbocycles. The molecule has 20 heavy (non-hydrogen) atoms. The Morgan fingerprint density at radius 3 is 2.15 bits per heavy atom. The normalized spacial score (nSPS) is 22.9. The SMILES string of the molecule is CC(C)(C)OC(=O)N1CCN(C2CCC(=O)CC2)CC1. The molecular formula is C15H26N2O3. The number of rotatable bonds is 1. The maximum atomic E-state index is 12.0. The Labute approximate surface area is 121 Å². The van der Waals surface area contributed by atoms with Gasteiger partial charge in [0.2, 0.25) is 0 Å². The summed E-state index contributed by atoms with van der Waals surface area (Å²) >= 11 is 0. The number of carbonyl (C=O) groups is 2. The minimum Gasteiger partial charge on any atom is -0.444 e. The Kier molecular flexibility index (Phi) is 4.68. The molecule has 0 radical (unpaired) electrons. The molecule has 1 amide bonds. The zero-order chi connectivity index (χ0) is 14.8. The largest absolute Gasteiger partial charge is 0.444 e. The second-order valence-corrected chi connectivity index (χ2v) is 6.77. The number of hydrogen-bond donors (Lipinski definition) is 0. The van der Waals surface area contributed by atoms with Crippen molar-refractivity contribution in [1.29, 1.82) is 0 Å². The summed E-state index contributed by atoms with van der Waals surface area (Å²) in [6.45, 7) is 8.88. The summed E-state index contributed by atoms with van der Waals surface area (Å²) < 4.78 is 5.40. The van der Waals surface area contributed by atoms with Gasteiger partial charge in [-0.1, -0.05) is 0 Å². The fourth-order valence-electron chi connectivity index (χ4n) is 2.89. The molecule has 2 aliphatic rings. The third-order valence-electron chi connectivity index (χ3n) is 4.00. The molecule has 0 bridgehead atoms. The van der Waals surface area contributed by atoms with Gasteiger partial charge < -0.3 is 9.64 Å². The van der Waals surface area contributed by atoms with Crippen LogP contribution in [0.3, 0.4) is 0 Å². The average Bonchev–Trinajstić information content (AvgIpc) is 2.38. The predicted octanol–water partition coefficient (Wildman–Crippen LogP) is 2.05. The van der Waals surface area contributed by atoms with Gasteiger partial charge in [-0.2, -0.15) is 0 Å². The van der Waals surface area contributed by atoms with Crippen LogP contribution in [0.2, 0.25) is 0 Å². The van der Waals surface area contributed by atoms with Crippen molar-refractivity contribution >= 4 is 11.9 Å². The summed E-state index contributed by atoms with van der Waals surface area (Å²) in [5.74, 6) is 0.397. The van der Waals surface area contributed by atoms with Gasteiger partial charge in [0.25, 0.3) is 0 Å². The zero-order valence-corrected chi connectivity index (χ0v) is 12.9. The molecule has 1 aliphatic heterocycles. The highest BCUT2D eigenvalue weighted by Gasteiger charge is 2.30. The van der Waals surface area contributed by atoms with E-state index < -0.39 is 5.60 Å². The smallest absolute Gasteiger partial charge is 0.410 e. The van der Waals surface area contributed by atoms with Crippen LogP contribution in [0.5, 0.6) is 0 Å². The van der Waals surface area contributed by atoms with Crippen molar-refractivity contribution in [2.45, 2.75) is 58.1 Å². The van der Waals surface area contributed by atoms with E-state index in [0.29, 0.717) is 11.8 Å². The highest BCUT2D eigenvalue weighted by atomic mass is 16.6. The lowest BCUT2D eigenvalue weighted by Crippen LogP contribution is -2.53. The molecule has 2 rings (SSSR count). The lowest BCUT2D eigenvalue weighted by Gasteiger charge is -2.40. The molecule has 0 aromatic heterocycles. The Morgan fingerprint density at radius 1 is 1.10 bits per heavy atom. The van der Waals surface area contributed by atoms with Gasteiger partial charge in [0.05, 0.1) is 0 Å². The number of carbonyl (C=O) groups excluding carboxylic acids is 2. The quantitative estimate of drug-likeness (QED) is 0.738. The molecule has 0 aromatic rings. The summed E-state index contributed by atoms with van der Waals surface area (Å²) in [6.07, 6.45) is 3.18. The van der Waals surface area contributed by atoms with Crippen molar-refractivity contribution < 1.29 is 14.3 Å². The first-order valence-corrected chi connectivity index (χ1v) is 7.59. The van der Waals surface area contributed by atoms with E-state index in [-0.39, 0.29) is 6.09 Å². The highest BCUT2D eigenvalue weighted by molar-refractivity contribution is 5.79. The van der Waals surface area contributed by atoms with E-state index in [4.69, 9.17) is 4.74 Å². The van der Waals surface area contributed by atoms with E-state index in [1.807, 2.05) is 20.8 Å². The fraction of sp³-hybridized carbons (Fsp3) is 0.867. The summed E-state index contributed by atoms with van der Waals surface area (Å²) in [4.78, 5) is 27.5. The second-order valence-electron chi connectivity index (χ2n) is 6.77.